The van der Waals surface area contributed by atoms with E-state index in [1.54, 1.807) is 0 Å². The molecule has 2 aromatic carbocycles. The summed E-state index contributed by atoms with van der Waals surface area (Å²) in [6.45, 7) is 2.27. The molecule has 2 aromatic rings. The lowest BCUT2D eigenvalue weighted by Crippen LogP contribution is -1.99. The van der Waals surface area contributed by atoms with Gasteiger partial charge in [-0.25, -0.2) is 0 Å². The molecule has 0 atom stereocenters. The van der Waals surface area contributed by atoms with Gasteiger partial charge < -0.3 is 4.74 Å². The molecule has 0 radical (unpaired) electrons. The minimum Gasteiger partial charge on any atom is -0.487 e. The molecule has 6 heteroatoms. The second-order valence-electron chi connectivity index (χ2n) is 4.36. The molecule has 2 rings (SSSR count). The summed E-state index contributed by atoms with van der Waals surface area (Å²) < 4.78 is 6.62. The van der Waals surface area contributed by atoms with E-state index < -0.39 is 0 Å². The molecule has 0 spiro atoms. The zero-order valence-electron chi connectivity index (χ0n) is 11.1. The van der Waals surface area contributed by atoms with Crippen molar-refractivity contribution in [3.05, 3.63) is 61.4 Å². The molecule has 0 amide bonds. The van der Waals surface area contributed by atoms with Gasteiger partial charge in [-0.1, -0.05) is 39.7 Å². The van der Waals surface area contributed by atoms with Crippen LogP contribution in [-0.4, -0.2) is 6.29 Å². The Kier molecular flexibility index (Phi) is 5.09. The van der Waals surface area contributed by atoms with Gasteiger partial charge in [0.2, 0.25) is 0 Å². The summed E-state index contributed by atoms with van der Waals surface area (Å²) in [7, 11) is 0. The lowest BCUT2D eigenvalue weighted by molar-refractivity contribution is 0.112. The second-order valence-corrected chi connectivity index (χ2v) is 5.62. The molecule has 0 aliphatic rings. The Morgan fingerprint density at radius 2 is 2.14 bits per heavy atom. The van der Waals surface area contributed by atoms with Gasteiger partial charge in [0.15, 0.2) is 6.29 Å². The molecule has 0 saturated heterocycles. The topological polar surface area (TPSA) is 55.7 Å². The summed E-state index contributed by atoms with van der Waals surface area (Å²) in [5.74, 6) is 0.316. The van der Waals surface area contributed by atoms with Crippen molar-refractivity contribution in [2.45, 2.75) is 13.5 Å². The number of aldehydes is 1. The van der Waals surface area contributed by atoms with E-state index in [-0.39, 0.29) is 16.3 Å². The van der Waals surface area contributed by atoms with Crippen LogP contribution in [0.15, 0.2) is 40.0 Å². The molecule has 0 fully saturated rings. The maximum Gasteiger partial charge on any atom is 0.152 e. The Labute approximate surface area is 135 Å². The predicted molar refractivity (Wildman–Crippen MR) is 85.5 cm³/mol. The third kappa shape index (κ3) is 3.49. The zero-order chi connectivity index (χ0) is 15.4. The van der Waals surface area contributed by atoms with Crippen LogP contribution in [0, 0.1) is 11.8 Å². The first-order valence-electron chi connectivity index (χ1n) is 6.05. The van der Waals surface area contributed by atoms with Gasteiger partial charge in [-0.3, -0.25) is 4.79 Å². The standard InChI is InChI=1S/C15H11BrClNO3/c1-9-10(3-2-4-12(9)16)8-21-15-6-14(18-20)11(7-19)5-13(15)17/h2-7H,8H2,1H3. The number of hydrogen-bond donors (Lipinski definition) is 0. The smallest absolute Gasteiger partial charge is 0.152 e. The molecule has 108 valence electrons. The van der Waals surface area contributed by atoms with Crippen molar-refractivity contribution in [1.29, 1.82) is 0 Å². The molecule has 0 heterocycles. The summed E-state index contributed by atoms with van der Waals surface area (Å²) in [4.78, 5) is 21.5. The van der Waals surface area contributed by atoms with E-state index in [2.05, 4.69) is 21.1 Å². The number of nitrogens with zero attached hydrogens (tertiary/aromatic N) is 1. The maximum absolute atomic E-state index is 10.8. The highest BCUT2D eigenvalue weighted by Gasteiger charge is 2.11. The lowest BCUT2D eigenvalue weighted by Gasteiger charge is -2.11. The van der Waals surface area contributed by atoms with Crippen LogP contribution >= 0.6 is 27.5 Å². The Bertz CT molecular complexity index is 704. The van der Waals surface area contributed by atoms with Gasteiger partial charge in [0.1, 0.15) is 18.0 Å². The number of rotatable bonds is 5. The van der Waals surface area contributed by atoms with Gasteiger partial charge in [0.25, 0.3) is 0 Å². The van der Waals surface area contributed by atoms with E-state index in [1.807, 2.05) is 25.1 Å². The molecule has 21 heavy (non-hydrogen) atoms. The van der Waals surface area contributed by atoms with Gasteiger partial charge in [0.05, 0.1) is 5.02 Å². The van der Waals surface area contributed by atoms with Crippen molar-refractivity contribution in [3.63, 3.8) is 0 Å². The summed E-state index contributed by atoms with van der Waals surface area (Å²) in [5.41, 5.74) is 2.20. The van der Waals surface area contributed by atoms with Gasteiger partial charge in [-0.05, 0) is 35.4 Å². The van der Waals surface area contributed by atoms with Crippen molar-refractivity contribution >= 4 is 39.5 Å². The molecule has 0 aliphatic carbocycles. The number of carbonyl (C=O) groups is 1. The summed E-state index contributed by atoms with van der Waals surface area (Å²) in [6, 6.07) is 8.53. The quantitative estimate of drug-likeness (QED) is 0.538. The van der Waals surface area contributed by atoms with Crippen LogP contribution in [0.5, 0.6) is 5.75 Å². The highest BCUT2D eigenvalue weighted by molar-refractivity contribution is 9.10. The molecule has 0 bridgehead atoms. The molecule has 0 saturated carbocycles. The van der Waals surface area contributed by atoms with Crippen LogP contribution in [0.2, 0.25) is 5.02 Å². The lowest BCUT2D eigenvalue weighted by atomic mass is 10.1. The number of hydrogen-bond acceptors (Lipinski definition) is 4. The van der Waals surface area contributed by atoms with Gasteiger partial charge in [-0.2, -0.15) is 0 Å². The first-order valence-corrected chi connectivity index (χ1v) is 7.22. The van der Waals surface area contributed by atoms with Crippen molar-refractivity contribution in [2.75, 3.05) is 0 Å². The number of ether oxygens (including phenoxy) is 1. The molecule has 0 N–H and O–H groups in total. The van der Waals surface area contributed by atoms with Crippen molar-refractivity contribution in [2.24, 2.45) is 5.18 Å². The third-order valence-electron chi connectivity index (χ3n) is 3.07. The van der Waals surface area contributed by atoms with Crippen molar-refractivity contribution in [1.82, 2.24) is 0 Å². The van der Waals surface area contributed by atoms with Crippen LogP contribution in [0.4, 0.5) is 5.69 Å². The number of benzene rings is 2. The third-order valence-corrected chi connectivity index (χ3v) is 4.22. The predicted octanol–water partition coefficient (Wildman–Crippen LogP) is 5.20. The minimum absolute atomic E-state index is 0.00960. The van der Waals surface area contributed by atoms with Gasteiger partial charge in [-0.15, -0.1) is 4.91 Å². The first-order chi connectivity index (χ1) is 10.1. The summed E-state index contributed by atoms with van der Waals surface area (Å²) in [5, 5.41) is 3.06. The fraction of sp³-hybridized carbons (Fsp3) is 0.133. The van der Waals surface area contributed by atoms with E-state index in [0.29, 0.717) is 18.6 Å². The Hall–Kier alpha value is -1.72. The molecule has 0 aromatic heterocycles. The summed E-state index contributed by atoms with van der Waals surface area (Å²) in [6.07, 6.45) is 0.533. The van der Waals surface area contributed by atoms with E-state index in [4.69, 9.17) is 16.3 Å². The second kappa shape index (κ2) is 6.83. The van der Waals surface area contributed by atoms with Gasteiger partial charge >= 0.3 is 0 Å². The van der Waals surface area contributed by atoms with Crippen LogP contribution in [0.1, 0.15) is 21.5 Å². The van der Waals surface area contributed by atoms with E-state index in [0.717, 1.165) is 15.6 Å². The normalized spacial score (nSPS) is 10.2. The van der Waals surface area contributed by atoms with Crippen LogP contribution in [0.3, 0.4) is 0 Å². The van der Waals surface area contributed by atoms with Crippen molar-refractivity contribution in [3.8, 4) is 5.75 Å². The van der Waals surface area contributed by atoms with Gasteiger partial charge in [0, 0.05) is 16.1 Å². The highest BCUT2D eigenvalue weighted by Crippen LogP contribution is 2.33. The molecule has 0 unspecified atom stereocenters. The first kappa shape index (κ1) is 15.7. The van der Waals surface area contributed by atoms with E-state index >= 15 is 0 Å². The van der Waals surface area contributed by atoms with Crippen LogP contribution < -0.4 is 4.74 Å². The summed E-state index contributed by atoms with van der Waals surface area (Å²) >= 11 is 9.49. The van der Waals surface area contributed by atoms with E-state index in [1.165, 1.54) is 12.1 Å². The number of carbonyl (C=O) groups excluding carboxylic acids is 1. The largest absolute Gasteiger partial charge is 0.487 e. The molecule has 4 nitrogen and oxygen atoms in total. The van der Waals surface area contributed by atoms with Crippen LogP contribution in [0.25, 0.3) is 0 Å². The fourth-order valence-corrected chi connectivity index (χ4v) is 2.44. The monoisotopic (exact) mass is 367 g/mol. The Morgan fingerprint density at radius 1 is 1.38 bits per heavy atom. The SMILES string of the molecule is Cc1c(Br)cccc1COc1cc(N=O)c(C=O)cc1Cl. The average Bonchev–Trinajstić information content (AvgIpc) is 2.49. The number of nitroso groups, excluding NO2 is 1. The minimum atomic E-state index is 0.00960. The Morgan fingerprint density at radius 3 is 2.81 bits per heavy atom. The number of halogens is 2. The molecular weight excluding hydrogens is 358 g/mol. The van der Waals surface area contributed by atoms with Crippen molar-refractivity contribution < 1.29 is 9.53 Å². The molecule has 0 aliphatic heterocycles. The maximum atomic E-state index is 10.8. The average molecular weight is 369 g/mol. The fourth-order valence-electron chi connectivity index (χ4n) is 1.81. The molecular formula is C15H11BrClNO3. The zero-order valence-corrected chi connectivity index (χ0v) is 13.4. The Balaban J connectivity index is 2.26. The highest BCUT2D eigenvalue weighted by atomic mass is 79.9. The van der Waals surface area contributed by atoms with E-state index in [9.17, 15) is 9.70 Å². The van der Waals surface area contributed by atoms with Crippen LogP contribution in [-0.2, 0) is 6.61 Å².